The molecular weight excluding hydrogens is 220 g/mol. The minimum atomic E-state index is 0. The van der Waals surface area contributed by atoms with Crippen LogP contribution in [-0.2, 0) is 0 Å². The molecule has 0 aromatic heterocycles. The maximum Gasteiger partial charge on any atom is 2.00 e. The molecule has 0 aliphatic heterocycles. The predicted octanol–water partition coefficient (Wildman–Crippen LogP) is -1.17. The first kappa shape index (κ1) is 13.4. The summed E-state index contributed by atoms with van der Waals surface area (Å²) in [5, 5.41) is 0. The zero-order valence-corrected chi connectivity index (χ0v) is 9.62. The van der Waals surface area contributed by atoms with E-state index in [9.17, 15) is 0 Å². The van der Waals surface area contributed by atoms with Gasteiger partial charge in [-0.25, -0.2) is 0 Å². The molecule has 0 heterocycles. The second-order valence-electron chi connectivity index (χ2n) is 1.44. The minimum absolute atomic E-state index is 0. The molecule has 0 aliphatic carbocycles. The number of benzene rings is 1. The van der Waals surface area contributed by atoms with Gasteiger partial charge in [0, 0.05) is 0 Å². The van der Waals surface area contributed by atoms with E-state index < -0.39 is 0 Å². The Morgan fingerprint density at radius 1 is 1.30 bits per heavy atom. The molecule has 1 aromatic carbocycles. The zero-order chi connectivity index (χ0) is 5.82. The molecule has 0 amide bonds. The maximum atomic E-state index is 2.95. The van der Waals surface area contributed by atoms with Gasteiger partial charge < -0.3 is 17.0 Å². The fourth-order valence-corrected chi connectivity index (χ4v) is 0.916. The summed E-state index contributed by atoms with van der Waals surface area (Å²) in [5.74, 6) is 0. The van der Waals surface area contributed by atoms with E-state index in [0.717, 1.165) is 0 Å². The van der Waals surface area contributed by atoms with Crippen LogP contribution >= 0.6 is 11.8 Å². The van der Waals surface area contributed by atoms with Crippen molar-refractivity contribution in [1.82, 2.24) is 0 Å². The summed E-state index contributed by atoms with van der Waals surface area (Å²) in [4.78, 5) is 1.30. The second-order valence-corrected chi connectivity index (χ2v) is 2.32. The van der Waals surface area contributed by atoms with Crippen LogP contribution in [-0.4, -0.2) is 29.3 Å². The quantitative estimate of drug-likeness (QED) is 0.331. The van der Waals surface area contributed by atoms with E-state index in [1.54, 1.807) is 11.8 Å². The van der Waals surface area contributed by atoms with Crippen molar-refractivity contribution in [1.29, 1.82) is 0 Å². The van der Waals surface area contributed by atoms with Crippen molar-refractivity contribution >= 4 is 34.8 Å². The fraction of sp³-hybridized carbons (Fsp3) is 0.143. The Balaban J connectivity index is 0. The first-order valence-electron chi connectivity index (χ1n) is 2.43. The molecule has 1 rings (SSSR count). The molecule has 50 valence electrons. The van der Waals surface area contributed by atoms with Crippen LogP contribution in [0.3, 0.4) is 0 Å². The van der Waals surface area contributed by atoms with E-state index in [4.69, 9.17) is 0 Å². The molecule has 0 unspecified atom stereocenters. The van der Waals surface area contributed by atoms with Gasteiger partial charge in [-0.2, -0.15) is 42.1 Å². The van der Waals surface area contributed by atoms with Crippen LogP contribution in [0, 0.1) is 6.07 Å². The van der Waals surface area contributed by atoms with Gasteiger partial charge in [-0.05, 0) is 6.26 Å². The van der Waals surface area contributed by atoms with Gasteiger partial charge in [-0.1, -0.05) is 0 Å². The van der Waals surface area contributed by atoms with Crippen LogP contribution < -0.4 is 17.0 Å². The molecule has 0 nitrogen and oxygen atoms in total. The molecule has 0 radical (unpaired) electrons. The molecule has 0 saturated carbocycles. The van der Waals surface area contributed by atoms with Crippen molar-refractivity contribution in [2.24, 2.45) is 0 Å². The standard InChI is InChI=1S/C7H7S.BrH.Mg/c1-8-7-5-3-2-4-6-7;;/h3-6H,1H3;1H;/q-1;;+2/p-1. The summed E-state index contributed by atoms with van der Waals surface area (Å²) >= 11 is 1.75. The van der Waals surface area contributed by atoms with Crippen molar-refractivity contribution < 1.29 is 17.0 Å². The maximum absolute atomic E-state index is 2.95. The van der Waals surface area contributed by atoms with E-state index in [2.05, 4.69) is 12.3 Å². The minimum Gasteiger partial charge on any atom is -1.00 e. The summed E-state index contributed by atoms with van der Waals surface area (Å²) in [6.45, 7) is 0. The van der Waals surface area contributed by atoms with E-state index in [0.29, 0.717) is 0 Å². The Kier molecular flexibility index (Phi) is 10.6. The number of rotatable bonds is 1. The summed E-state index contributed by atoms with van der Waals surface area (Å²) in [5.41, 5.74) is 0. The molecule has 0 N–H and O–H groups in total. The third-order valence-electron chi connectivity index (χ3n) is 0.923. The van der Waals surface area contributed by atoms with Gasteiger partial charge in [-0.3, -0.25) is 0 Å². The Hall–Kier alpha value is 0.816. The van der Waals surface area contributed by atoms with Crippen LogP contribution in [0.5, 0.6) is 0 Å². The Morgan fingerprint density at radius 2 is 1.80 bits per heavy atom. The topological polar surface area (TPSA) is 0 Å². The fourth-order valence-electron chi connectivity index (χ4n) is 0.508. The van der Waals surface area contributed by atoms with Crippen LogP contribution in [0.15, 0.2) is 29.2 Å². The SMILES string of the molecule is CSc1cc[c-]cc1.[Br-].[Mg+2]. The Morgan fingerprint density at radius 3 is 2.10 bits per heavy atom. The van der Waals surface area contributed by atoms with Gasteiger partial charge >= 0.3 is 23.1 Å². The van der Waals surface area contributed by atoms with Gasteiger partial charge in [0.1, 0.15) is 0 Å². The number of thioether (sulfide) groups is 1. The summed E-state index contributed by atoms with van der Waals surface area (Å²) in [6, 6.07) is 10.9. The normalized spacial score (nSPS) is 7.30. The van der Waals surface area contributed by atoms with Crippen molar-refractivity contribution in [2.75, 3.05) is 6.26 Å². The molecule has 0 bridgehead atoms. The Bertz CT molecular complexity index is 155. The third kappa shape index (κ3) is 4.60. The van der Waals surface area contributed by atoms with Crippen LogP contribution in [0.2, 0.25) is 0 Å². The van der Waals surface area contributed by atoms with Crippen LogP contribution in [0.4, 0.5) is 0 Å². The summed E-state index contributed by atoms with van der Waals surface area (Å²) in [7, 11) is 0. The summed E-state index contributed by atoms with van der Waals surface area (Å²) < 4.78 is 0. The van der Waals surface area contributed by atoms with Gasteiger partial charge in [0.05, 0.1) is 0 Å². The zero-order valence-electron chi connectivity index (χ0n) is 5.80. The molecule has 0 saturated heterocycles. The van der Waals surface area contributed by atoms with Crippen molar-refractivity contribution in [3.8, 4) is 0 Å². The first-order chi connectivity index (χ1) is 3.93. The number of hydrogen-bond acceptors (Lipinski definition) is 1. The molecule has 3 heteroatoms. The van der Waals surface area contributed by atoms with E-state index in [1.165, 1.54) is 4.90 Å². The van der Waals surface area contributed by atoms with Crippen LogP contribution in [0.25, 0.3) is 0 Å². The predicted molar refractivity (Wildman–Crippen MR) is 42.8 cm³/mol. The molecule has 10 heavy (non-hydrogen) atoms. The number of hydrogen-bond donors (Lipinski definition) is 0. The molecule has 0 aliphatic rings. The Labute approximate surface area is 92.7 Å². The molecular formula is C7H7BrMgS. The van der Waals surface area contributed by atoms with E-state index >= 15 is 0 Å². The monoisotopic (exact) mass is 226 g/mol. The average Bonchev–Trinajstić information content (AvgIpc) is 1.90. The largest absolute Gasteiger partial charge is 2.00 e. The third-order valence-corrected chi connectivity index (χ3v) is 1.67. The van der Waals surface area contributed by atoms with Gasteiger partial charge in [0.25, 0.3) is 0 Å². The van der Waals surface area contributed by atoms with Gasteiger partial charge in [0.15, 0.2) is 0 Å². The van der Waals surface area contributed by atoms with Crippen molar-refractivity contribution in [2.45, 2.75) is 4.90 Å². The van der Waals surface area contributed by atoms with Crippen LogP contribution in [0.1, 0.15) is 0 Å². The van der Waals surface area contributed by atoms with Gasteiger partial charge in [-0.15, -0.1) is 4.90 Å². The number of halogens is 1. The van der Waals surface area contributed by atoms with Crippen molar-refractivity contribution in [3.05, 3.63) is 30.3 Å². The summed E-state index contributed by atoms with van der Waals surface area (Å²) in [6.07, 6.45) is 2.06. The van der Waals surface area contributed by atoms with E-state index in [1.807, 2.05) is 24.3 Å². The van der Waals surface area contributed by atoms with Crippen molar-refractivity contribution in [3.63, 3.8) is 0 Å². The molecule has 0 fully saturated rings. The molecule has 0 spiro atoms. The smallest absolute Gasteiger partial charge is 1.00 e. The van der Waals surface area contributed by atoms with Gasteiger partial charge in [0.2, 0.25) is 0 Å². The second kappa shape index (κ2) is 7.92. The molecule has 0 atom stereocenters. The van der Waals surface area contributed by atoms with E-state index in [-0.39, 0.29) is 40.0 Å². The average molecular weight is 227 g/mol. The molecule has 1 aromatic rings. The first-order valence-corrected chi connectivity index (χ1v) is 3.66.